The number of likely N-dealkylation sites (N-methyl/N-ethyl adjacent to an activating group) is 1. The summed E-state index contributed by atoms with van der Waals surface area (Å²) in [5.41, 5.74) is 1.93. The predicted octanol–water partition coefficient (Wildman–Crippen LogP) is 2.71. The average molecular weight is 326 g/mol. The number of hydrogen-bond acceptors (Lipinski definition) is 4. The second-order valence-electron chi connectivity index (χ2n) is 5.81. The molecule has 0 saturated carbocycles. The molecule has 2 unspecified atom stereocenters. The van der Waals surface area contributed by atoms with E-state index >= 15 is 0 Å². The van der Waals surface area contributed by atoms with Crippen LogP contribution in [0.3, 0.4) is 0 Å². The van der Waals surface area contributed by atoms with Crippen molar-refractivity contribution in [1.29, 1.82) is 0 Å². The van der Waals surface area contributed by atoms with Crippen molar-refractivity contribution in [3.8, 4) is 5.75 Å². The van der Waals surface area contributed by atoms with E-state index in [9.17, 15) is 4.79 Å². The fourth-order valence-corrected chi connectivity index (χ4v) is 2.81. The molecule has 1 amide bonds. The van der Waals surface area contributed by atoms with Crippen molar-refractivity contribution >= 4 is 11.6 Å². The van der Waals surface area contributed by atoms with E-state index in [0.717, 1.165) is 17.0 Å². The number of carbonyl (C=O) groups excluding carboxylic acids is 1. The van der Waals surface area contributed by atoms with Crippen LogP contribution in [-0.2, 0) is 9.53 Å². The molecule has 1 fully saturated rings. The molecule has 0 aromatic heterocycles. The average Bonchev–Trinajstić information content (AvgIpc) is 2.63. The summed E-state index contributed by atoms with van der Waals surface area (Å²) in [5, 5.41) is 3.44. The Labute approximate surface area is 142 Å². The van der Waals surface area contributed by atoms with E-state index in [1.807, 2.05) is 61.6 Å². The first-order valence-electron chi connectivity index (χ1n) is 8.01. The minimum atomic E-state index is -0.558. The summed E-state index contributed by atoms with van der Waals surface area (Å²) in [5.74, 6) is 0.774. The molecule has 0 spiro atoms. The summed E-state index contributed by atoms with van der Waals surface area (Å²) in [6, 6.07) is 17.3. The fraction of sp³-hybridized carbons (Fsp3) is 0.316. The molecule has 3 rings (SSSR count). The van der Waals surface area contributed by atoms with Gasteiger partial charge in [-0.1, -0.05) is 30.3 Å². The van der Waals surface area contributed by atoms with E-state index in [1.54, 1.807) is 12.0 Å². The number of benzene rings is 2. The van der Waals surface area contributed by atoms with Crippen LogP contribution >= 0.6 is 0 Å². The van der Waals surface area contributed by atoms with Gasteiger partial charge in [-0.3, -0.25) is 4.79 Å². The molecule has 1 heterocycles. The summed E-state index contributed by atoms with van der Waals surface area (Å²) >= 11 is 0. The lowest BCUT2D eigenvalue weighted by Gasteiger charge is -2.35. The van der Waals surface area contributed by atoms with Gasteiger partial charge in [0.15, 0.2) is 6.10 Å². The first kappa shape index (κ1) is 16.3. The van der Waals surface area contributed by atoms with E-state index in [-0.39, 0.29) is 11.9 Å². The number of nitrogens with one attached hydrogen (secondary N) is 1. The van der Waals surface area contributed by atoms with Gasteiger partial charge >= 0.3 is 0 Å². The van der Waals surface area contributed by atoms with Crippen molar-refractivity contribution in [2.24, 2.45) is 0 Å². The van der Waals surface area contributed by atoms with Gasteiger partial charge in [-0.15, -0.1) is 0 Å². The molecule has 5 nitrogen and oxygen atoms in total. The molecule has 0 aliphatic carbocycles. The molecule has 1 N–H and O–H groups in total. The number of carbonyl (C=O) groups is 1. The van der Waals surface area contributed by atoms with Gasteiger partial charge < -0.3 is 19.7 Å². The zero-order chi connectivity index (χ0) is 16.9. The fourth-order valence-electron chi connectivity index (χ4n) is 2.81. The highest BCUT2D eigenvalue weighted by atomic mass is 16.5. The van der Waals surface area contributed by atoms with E-state index in [1.165, 1.54) is 0 Å². The van der Waals surface area contributed by atoms with Gasteiger partial charge in [-0.05, 0) is 29.8 Å². The van der Waals surface area contributed by atoms with E-state index in [0.29, 0.717) is 13.2 Å². The van der Waals surface area contributed by atoms with Crippen molar-refractivity contribution in [2.75, 3.05) is 32.6 Å². The van der Waals surface area contributed by atoms with Gasteiger partial charge in [-0.25, -0.2) is 0 Å². The van der Waals surface area contributed by atoms with Gasteiger partial charge in [0.1, 0.15) is 5.75 Å². The van der Waals surface area contributed by atoms with Crippen LogP contribution in [0.25, 0.3) is 0 Å². The Morgan fingerprint density at radius 2 is 1.88 bits per heavy atom. The summed E-state index contributed by atoms with van der Waals surface area (Å²) in [7, 11) is 3.45. The van der Waals surface area contributed by atoms with Crippen molar-refractivity contribution in [3.63, 3.8) is 0 Å². The van der Waals surface area contributed by atoms with Crippen molar-refractivity contribution < 1.29 is 14.3 Å². The van der Waals surface area contributed by atoms with Crippen LogP contribution in [0.2, 0.25) is 0 Å². The molecule has 0 radical (unpaired) electrons. The SMILES string of the molecule is COc1ccc(C(Nc2ccccc2)C2OCCN(C)C2=O)cc1. The molecule has 2 aromatic rings. The van der Waals surface area contributed by atoms with Gasteiger partial charge in [-0.2, -0.15) is 0 Å². The zero-order valence-electron chi connectivity index (χ0n) is 13.9. The van der Waals surface area contributed by atoms with Crippen LogP contribution in [0, 0.1) is 0 Å². The molecule has 1 aliphatic heterocycles. The molecular formula is C19H22N2O3. The Morgan fingerprint density at radius 3 is 2.54 bits per heavy atom. The molecule has 2 aromatic carbocycles. The highest BCUT2D eigenvalue weighted by Gasteiger charge is 2.35. The van der Waals surface area contributed by atoms with Crippen molar-refractivity contribution in [2.45, 2.75) is 12.1 Å². The summed E-state index contributed by atoms with van der Waals surface area (Å²) in [4.78, 5) is 14.3. The third-order valence-electron chi connectivity index (χ3n) is 4.22. The minimum absolute atomic E-state index is 0.00880. The molecule has 1 saturated heterocycles. The monoisotopic (exact) mass is 326 g/mol. The lowest BCUT2D eigenvalue weighted by molar-refractivity contribution is -0.152. The second kappa shape index (κ2) is 7.36. The highest BCUT2D eigenvalue weighted by molar-refractivity contribution is 5.83. The zero-order valence-corrected chi connectivity index (χ0v) is 13.9. The molecule has 2 atom stereocenters. The van der Waals surface area contributed by atoms with Crippen LogP contribution in [0.1, 0.15) is 11.6 Å². The van der Waals surface area contributed by atoms with Crippen LogP contribution in [-0.4, -0.2) is 44.2 Å². The molecule has 24 heavy (non-hydrogen) atoms. The second-order valence-corrected chi connectivity index (χ2v) is 5.81. The summed E-state index contributed by atoms with van der Waals surface area (Å²) < 4.78 is 11.0. The van der Waals surface area contributed by atoms with Crippen molar-refractivity contribution in [3.05, 3.63) is 60.2 Å². The maximum atomic E-state index is 12.6. The smallest absolute Gasteiger partial charge is 0.254 e. The molecule has 5 heteroatoms. The number of hydrogen-bond donors (Lipinski definition) is 1. The minimum Gasteiger partial charge on any atom is -0.497 e. The van der Waals surface area contributed by atoms with Gasteiger partial charge in [0, 0.05) is 19.3 Å². The number of rotatable bonds is 5. The molecule has 1 aliphatic rings. The van der Waals surface area contributed by atoms with Crippen LogP contribution in [0.5, 0.6) is 5.75 Å². The first-order valence-corrected chi connectivity index (χ1v) is 8.01. The molecule has 0 bridgehead atoms. The van der Waals surface area contributed by atoms with Gasteiger partial charge in [0.05, 0.1) is 19.8 Å². The third kappa shape index (κ3) is 3.51. The number of ether oxygens (including phenoxy) is 2. The number of anilines is 1. The largest absolute Gasteiger partial charge is 0.497 e. The Bertz CT molecular complexity index is 673. The van der Waals surface area contributed by atoms with Crippen LogP contribution in [0.4, 0.5) is 5.69 Å². The molecular weight excluding hydrogens is 304 g/mol. The number of para-hydroxylation sites is 1. The van der Waals surface area contributed by atoms with Gasteiger partial charge in [0.25, 0.3) is 5.91 Å². The lowest BCUT2D eigenvalue weighted by atomic mass is 9.98. The van der Waals surface area contributed by atoms with E-state index in [4.69, 9.17) is 9.47 Å². The number of amides is 1. The maximum absolute atomic E-state index is 12.6. The first-order chi connectivity index (χ1) is 11.7. The summed E-state index contributed by atoms with van der Waals surface area (Å²) in [6.45, 7) is 1.16. The standard InChI is InChI=1S/C19H22N2O3/c1-21-12-13-24-18(19(21)22)17(20-15-6-4-3-5-7-15)14-8-10-16(23-2)11-9-14/h3-11,17-18,20H,12-13H2,1-2H3. The number of nitrogens with zero attached hydrogens (tertiary/aromatic N) is 1. The lowest BCUT2D eigenvalue weighted by Crippen LogP contribution is -2.49. The van der Waals surface area contributed by atoms with Gasteiger partial charge in [0.2, 0.25) is 0 Å². The topological polar surface area (TPSA) is 50.8 Å². The Morgan fingerprint density at radius 1 is 1.17 bits per heavy atom. The predicted molar refractivity (Wildman–Crippen MR) is 93.2 cm³/mol. The Hall–Kier alpha value is -2.53. The normalized spacial score (nSPS) is 19.0. The maximum Gasteiger partial charge on any atom is 0.254 e. The Balaban J connectivity index is 1.91. The molecule has 126 valence electrons. The van der Waals surface area contributed by atoms with E-state index in [2.05, 4.69) is 5.32 Å². The highest BCUT2D eigenvalue weighted by Crippen LogP contribution is 2.28. The van der Waals surface area contributed by atoms with Crippen LogP contribution < -0.4 is 10.1 Å². The quantitative estimate of drug-likeness (QED) is 0.918. The number of morpholine rings is 1. The Kier molecular flexibility index (Phi) is 5.01. The third-order valence-corrected chi connectivity index (χ3v) is 4.22. The summed E-state index contributed by atoms with van der Waals surface area (Å²) in [6.07, 6.45) is -0.558. The number of methoxy groups -OCH3 is 1. The van der Waals surface area contributed by atoms with Crippen LogP contribution in [0.15, 0.2) is 54.6 Å². The van der Waals surface area contributed by atoms with Crippen molar-refractivity contribution in [1.82, 2.24) is 4.90 Å². The van der Waals surface area contributed by atoms with E-state index < -0.39 is 6.10 Å².